The minimum Gasteiger partial charge on any atom is -0.378 e. The van der Waals surface area contributed by atoms with Gasteiger partial charge in [-0.2, -0.15) is 0 Å². The van der Waals surface area contributed by atoms with Crippen molar-refractivity contribution >= 4 is 49.5 Å². The van der Waals surface area contributed by atoms with Gasteiger partial charge in [0, 0.05) is 30.7 Å². The molecule has 0 radical (unpaired) electrons. The summed E-state index contributed by atoms with van der Waals surface area (Å²) in [4.78, 5) is 4.04. The zero-order chi connectivity index (χ0) is 14.5. The van der Waals surface area contributed by atoms with Crippen molar-refractivity contribution < 1.29 is 8.42 Å². The number of thioether (sulfide) groups is 1. The molecule has 0 aliphatic carbocycles. The van der Waals surface area contributed by atoms with E-state index in [-0.39, 0.29) is 22.8 Å². The number of nitrogens with zero attached hydrogens (tertiary/aromatic N) is 2. The molecule has 2 heterocycles. The quantitative estimate of drug-likeness (QED) is 0.771. The van der Waals surface area contributed by atoms with Gasteiger partial charge in [-0.25, -0.2) is 8.42 Å². The third-order valence-corrected chi connectivity index (χ3v) is 7.27. The van der Waals surface area contributed by atoms with E-state index in [1.165, 1.54) is 11.8 Å². The Kier molecular flexibility index (Phi) is 3.46. The molecular weight excluding hydrogens is 312 g/mol. The fraction of sp³-hybridized carbons (Fsp3) is 0.462. The first-order valence-electron chi connectivity index (χ1n) is 6.35. The maximum atomic E-state index is 11.8. The van der Waals surface area contributed by atoms with Crippen molar-refractivity contribution in [1.82, 2.24) is 0 Å². The van der Waals surface area contributed by atoms with Crippen LogP contribution in [0.1, 0.15) is 0 Å². The molecule has 2 aliphatic rings. The third-order valence-electron chi connectivity index (χ3n) is 3.68. The van der Waals surface area contributed by atoms with Crippen LogP contribution in [-0.2, 0) is 9.84 Å². The maximum absolute atomic E-state index is 11.8. The highest BCUT2D eigenvalue weighted by Crippen LogP contribution is 2.41. The lowest BCUT2D eigenvalue weighted by Crippen LogP contribution is -2.36. The van der Waals surface area contributed by atoms with Crippen molar-refractivity contribution in [1.29, 1.82) is 0 Å². The van der Waals surface area contributed by atoms with E-state index in [9.17, 15) is 8.42 Å². The van der Waals surface area contributed by atoms with E-state index in [1.807, 2.05) is 42.1 Å². The van der Waals surface area contributed by atoms with Crippen molar-refractivity contribution in [3.8, 4) is 0 Å². The van der Waals surface area contributed by atoms with Crippen LogP contribution in [0.2, 0.25) is 0 Å². The first-order chi connectivity index (χ1) is 9.37. The van der Waals surface area contributed by atoms with Gasteiger partial charge in [0.1, 0.15) is 4.32 Å². The largest absolute Gasteiger partial charge is 0.378 e. The highest BCUT2D eigenvalue weighted by molar-refractivity contribution is 8.24. The summed E-state index contributed by atoms with van der Waals surface area (Å²) in [5.41, 5.74) is 2.07. The second-order valence-corrected chi connectivity index (χ2v) is 9.38. The Balaban J connectivity index is 1.97. The minimum atomic E-state index is -2.93. The first-order valence-corrected chi connectivity index (χ1v) is 9.46. The molecular formula is C13H16N2O2S3. The van der Waals surface area contributed by atoms with Gasteiger partial charge in [-0.1, -0.05) is 30.0 Å². The molecule has 2 fully saturated rings. The number of fused-ring (bicyclic) bond motifs is 1. The van der Waals surface area contributed by atoms with Crippen LogP contribution in [0.4, 0.5) is 11.4 Å². The summed E-state index contributed by atoms with van der Waals surface area (Å²) in [6.45, 7) is 0. The average Bonchev–Trinajstić information content (AvgIpc) is 2.79. The minimum absolute atomic E-state index is 0.0186. The summed E-state index contributed by atoms with van der Waals surface area (Å²) in [5, 5.41) is 0.0792. The van der Waals surface area contributed by atoms with Crippen LogP contribution in [0.15, 0.2) is 24.3 Å². The standard InChI is InChI=1S/C13H16N2O2S3/c1-14(2)9-4-3-5-10(6-9)15-11-7-20(16,17)8-12(11)19-13(15)18/h3-6,11-12H,7-8H2,1-2H3/t11-,12+/m0/s1. The van der Waals surface area contributed by atoms with Gasteiger partial charge in [0.25, 0.3) is 0 Å². The lowest BCUT2D eigenvalue weighted by molar-refractivity contribution is 0.601. The van der Waals surface area contributed by atoms with Crippen molar-refractivity contribution in [2.75, 3.05) is 35.4 Å². The average molecular weight is 328 g/mol. The molecule has 20 heavy (non-hydrogen) atoms. The number of thiocarbonyl (C=S) groups is 1. The predicted molar refractivity (Wildman–Crippen MR) is 89.7 cm³/mol. The van der Waals surface area contributed by atoms with Gasteiger partial charge in [-0.05, 0) is 18.2 Å². The molecule has 0 saturated carbocycles. The summed E-state index contributed by atoms with van der Waals surface area (Å²) in [5.74, 6) is 0.448. The monoisotopic (exact) mass is 328 g/mol. The molecule has 0 unspecified atom stereocenters. The Hall–Kier alpha value is -0.790. The van der Waals surface area contributed by atoms with Crippen LogP contribution < -0.4 is 9.80 Å². The molecule has 0 bridgehead atoms. The molecule has 1 aromatic rings. The fourth-order valence-electron chi connectivity index (χ4n) is 2.69. The highest BCUT2D eigenvalue weighted by atomic mass is 32.2. The van der Waals surface area contributed by atoms with Crippen LogP contribution in [0.25, 0.3) is 0 Å². The van der Waals surface area contributed by atoms with Gasteiger partial charge in [-0.3, -0.25) is 0 Å². The van der Waals surface area contributed by atoms with E-state index >= 15 is 0 Å². The van der Waals surface area contributed by atoms with Gasteiger partial charge in [0.15, 0.2) is 9.84 Å². The van der Waals surface area contributed by atoms with E-state index in [4.69, 9.17) is 12.2 Å². The first kappa shape index (κ1) is 14.2. The van der Waals surface area contributed by atoms with Crippen LogP contribution in [0.3, 0.4) is 0 Å². The van der Waals surface area contributed by atoms with Crippen LogP contribution >= 0.6 is 24.0 Å². The Labute approximate surface area is 129 Å². The lowest BCUT2D eigenvalue weighted by Gasteiger charge is -2.25. The Bertz CT molecular complexity index is 657. The van der Waals surface area contributed by atoms with E-state index in [1.54, 1.807) is 0 Å². The topological polar surface area (TPSA) is 40.6 Å². The molecule has 1 aromatic carbocycles. The molecule has 4 nitrogen and oxygen atoms in total. The van der Waals surface area contributed by atoms with Crippen molar-refractivity contribution in [2.45, 2.75) is 11.3 Å². The smallest absolute Gasteiger partial charge is 0.153 e. The Morgan fingerprint density at radius 1 is 1.35 bits per heavy atom. The third kappa shape index (κ3) is 2.42. The van der Waals surface area contributed by atoms with Gasteiger partial charge in [0.2, 0.25) is 0 Å². The molecule has 2 aliphatic heterocycles. The van der Waals surface area contributed by atoms with E-state index < -0.39 is 9.84 Å². The van der Waals surface area contributed by atoms with Crippen LogP contribution in [0.5, 0.6) is 0 Å². The summed E-state index contributed by atoms with van der Waals surface area (Å²) < 4.78 is 24.4. The zero-order valence-electron chi connectivity index (χ0n) is 11.3. The molecule has 108 valence electrons. The molecule has 3 rings (SSSR count). The number of benzene rings is 1. The van der Waals surface area contributed by atoms with Gasteiger partial charge in [-0.15, -0.1) is 0 Å². The van der Waals surface area contributed by atoms with E-state index in [0.717, 1.165) is 15.7 Å². The molecule has 7 heteroatoms. The Morgan fingerprint density at radius 2 is 2.10 bits per heavy atom. The zero-order valence-corrected chi connectivity index (χ0v) is 13.8. The molecule has 0 aromatic heterocycles. The number of sulfone groups is 1. The van der Waals surface area contributed by atoms with Gasteiger partial charge in [0.05, 0.1) is 17.5 Å². The lowest BCUT2D eigenvalue weighted by atomic mass is 10.2. The molecule has 0 amide bonds. The summed E-state index contributed by atoms with van der Waals surface area (Å²) in [6, 6.07) is 8.04. The van der Waals surface area contributed by atoms with Gasteiger partial charge >= 0.3 is 0 Å². The SMILES string of the molecule is CN(C)c1cccc(N2C(=S)S[C@@H]3CS(=O)(=O)C[C@@H]32)c1. The summed E-state index contributed by atoms with van der Waals surface area (Å²) in [7, 11) is 1.04. The second-order valence-electron chi connectivity index (χ2n) is 5.35. The van der Waals surface area contributed by atoms with E-state index in [2.05, 4.69) is 6.07 Å². The fourth-order valence-corrected chi connectivity index (χ4v) is 7.07. The molecule has 0 N–H and O–H groups in total. The highest BCUT2D eigenvalue weighted by Gasteiger charge is 2.48. The molecule has 2 atom stereocenters. The van der Waals surface area contributed by atoms with Crippen molar-refractivity contribution in [3.05, 3.63) is 24.3 Å². The molecule has 2 saturated heterocycles. The number of anilines is 2. The van der Waals surface area contributed by atoms with Crippen molar-refractivity contribution in [3.63, 3.8) is 0 Å². The predicted octanol–water partition coefficient (Wildman–Crippen LogP) is 1.76. The summed E-state index contributed by atoms with van der Waals surface area (Å²) >= 11 is 6.96. The van der Waals surface area contributed by atoms with E-state index in [0.29, 0.717) is 0 Å². The Morgan fingerprint density at radius 3 is 2.80 bits per heavy atom. The van der Waals surface area contributed by atoms with Crippen molar-refractivity contribution in [2.24, 2.45) is 0 Å². The number of rotatable bonds is 2. The summed E-state index contributed by atoms with van der Waals surface area (Å²) in [6.07, 6.45) is 0. The van der Waals surface area contributed by atoms with Crippen LogP contribution in [0, 0.1) is 0 Å². The second kappa shape index (κ2) is 4.89. The number of hydrogen-bond donors (Lipinski definition) is 0. The molecule has 0 spiro atoms. The van der Waals surface area contributed by atoms with Gasteiger partial charge < -0.3 is 9.80 Å². The normalized spacial score (nSPS) is 27.7. The maximum Gasteiger partial charge on any atom is 0.153 e. The van der Waals surface area contributed by atoms with Crippen LogP contribution in [-0.4, -0.2) is 49.6 Å². The number of hydrogen-bond acceptors (Lipinski definition) is 5.